The molecule has 1 saturated heterocycles. The van der Waals surface area contributed by atoms with Crippen molar-refractivity contribution < 1.29 is 9.47 Å². The van der Waals surface area contributed by atoms with Crippen LogP contribution in [-0.2, 0) is 4.74 Å². The van der Waals surface area contributed by atoms with E-state index in [4.69, 9.17) is 9.47 Å². The molecular formula is C24H28O2S. The highest BCUT2D eigenvalue weighted by atomic mass is 32.1. The molecule has 1 fully saturated rings. The molecule has 142 valence electrons. The lowest BCUT2D eigenvalue weighted by Gasteiger charge is -2.29. The molecule has 3 heteroatoms. The first-order valence-electron chi connectivity index (χ1n) is 10.1. The monoisotopic (exact) mass is 380 g/mol. The van der Waals surface area contributed by atoms with Crippen LogP contribution in [0.2, 0.25) is 0 Å². The Balaban J connectivity index is 1.48. The average Bonchev–Trinajstić information content (AvgIpc) is 3.13. The number of hydrogen-bond donors (Lipinski definition) is 0. The molecule has 1 aliphatic rings. The molecule has 0 aliphatic carbocycles. The molecule has 2 unspecified atom stereocenters. The predicted octanol–water partition coefficient (Wildman–Crippen LogP) is 7.03. The van der Waals surface area contributed by atoms with Gasteiger partial charge in [-0.05, 0) is 67.0 Å². The summed E-state index contributed by atoms with van der Waals surface area (Å²) in [5.74, 6) is 1.50. The highest BCUT2D eigenvalue weighted by Gasteiger charge is 2.22. The van der Waals surface area contributed by atoms with Gasteiger partial charge in [0, 0.05) is 15.5 Å². The summed E-state index contributed by atoms with van der Waals surface area (Å²) in [6.45, 7) is 5.83. The number of rotatable bonds is 6. The van der Waals surface area contributed by atoms with Gasteiger partial charge >= 0.3 is 0 Å². The second-order valence-electron chi connectivity index (χ2n) is 7.38. The first kappa shape index (κ1) is 18.5. The normalized spacial score (nSPS) is 20.1. The quantitative estimate of drug-likeness (QED) is 0.457. The van der Waals surface area contributed by atoms with Gasteiger partial charge < -0.3 is 9.47 Å². The van der Waals surface area contributed by atoms with Crippen LogP contribution in [0.25, 0.3) is 20.5 Å². The Morgan fingerprint density at radius 2 is 1.89 bits per heavy atom. The fourth-order valence-corrected chi connectivity index (χ4v) is 5.04. The molecule has 0 bridgehead atoms. The highest BCUT2D eigenvalue weighted by Crippen LogP contribution is 2.37. The van der Waals surface area contributed by atoms with Gasteiger partial charge in [-0.3, -0.25) is 0 Å². The number of benzene rings is 2. The molecule has 3 aromatic rings. The van der Waals surface area contributed by atoms with Crippen LogP contribution >= 0.6 is 11.3 Å². The molecule has 1 aromatic heterocycles. The van der Waals surface area contributed by atoms with Gasteiger partial charge in [0.15, 0.2) is 0 Å². The SMILES string of the molecule is CCCC1CCC(c2ccc(-c3cc4ccc(OCC)cc4s3)cc2)CO1. The Morgan fingerprint density at radius 1 is 1.04 bits per heavy atom. The molecule has 4 rings (SSSR count). The third-order valence-electron chi connectivity index (χ3n) is 5.45. The van der Waals surface area contributed by atoms with E-state index in [-0.39, 0.29) is 0 Å². The number of thiophene rings is 1. The molecule has 0 N–H and O–H groups in total. The van der Waals surface area contributed by atoms with Gasteiger partial charge in [-0.25, -0.2) is 0 Å². The third-order valence-corrected chi connectivity index (χ3v) is 6.60. The maximum absolute atomic E-state index is 6.06. The first-order valence-corrected chi connectivity index (χ1v) is 11.0. The van der Waals surface area contributed by atoms with Crippen LogP contribution in [0, 0.1) is 0 Å². The molecule has 2 nitrogen and oxygen atoms in total. The second kappa shape index (κ2) is 8.45. The summed E-state index contributed by atoms with van der Waals surface area (Å²) in [5, 5.41) is 1.28. The standard InChI is InChI=1S/C24H28O2S/c1-3-5-21-12-11-20(16-26-21)17-6-8-18(9-7-17)23-14-19-10-13-22(25-4-2)15-24(19)27-23/h6-10,13-15,20-21H,3-5,11-12,16H2,1-2H3. The number of ether oxygens (including phenoxy) is 2. The Morgan fingerprint density at radius 3 is 2.59 bits per heavy atom. The summed E-state index contributed by atoms with van der Waals surface area (Å²) in [6.07, 6.45) is 5.32. The van der Waals surface area contributed by atoms with Gasteiger partial charge in [-0.1, -0.05) is 37.6 Å². The summed E-state index contributed by atoms with van der Waals surface area (Å²) >= 11 is 1.83. The van der Waals surface area contributed by atoms with E-state index in [1.54, 1.807) is 0 Å². The van der Waals surface area contributed by atoms with Crippen molar-refractivity contribution in [2.75, 3.05) is 13.2 Å². The van der Waals surface area contributed by atoms with E-state index in [1.807, 2.05) is 18.3 Å². The van der Waals surface area contributed by atoms with Crippen molar-refractivity contribution in [1.29, 1.82) is 0 Å². The topological polar surface area (TPSA) is 18.5 Å². The van der Waals surface area contributed by atoms with E-state index in [1.165, 1.54) is 51.8 Å². The van der Waals surface area contributed by atoms with Crippen molar-refractivity contribution in [3.8, 4) is 16.2 Å². The van der Waals surface area contributed by atoms with Crippen LogP contribution in [0.3, 0.4) is 0 Å². The third kappa shape index (κ3) is 4.20. The van der Waals surface area contributed by atoms with Crippen LogP contribution in [0.15, 0.2) is 48.5 Å². The lowest BCUT2D eigenvalue weighted by molar-refractivity contribution is -0.00111. The Kier molecular flexibility index (Phi) is 5.80. The van der Waals surface area contributed by atoms with E-state index in [0.29, 0.717) is 18.6 Å². The number of fused-ring (bicyclic) bond motifs is 1. The molecule has 0 saturated carbocycles. The smallest absolute Gasteiger partial charge is 0.120 e. The maximum atomic E-state index is 6.06. The summed E-state index contributed by atoms with van der Waals surface area (Å²) in [4.78, 5) is 1.31. The molecule has 2 aromatic carbocycles. The Bertz CT molecular complexity index is 873. The summed E-state index contributed by atoms with van der Waals surface area (Å²) in [7, 11) is 0. The van der Waals surface area contributed by atoms with Gasteiger partial charge in [0.2, 0.25) is 0 Å². The van der Waals surface area contributed by atoms with Crippen LogP contribution in [0.4, 0.5) is 0 Å². The Labute approximate surface area is 166 Å². The minimum atomic E-state index is 0.477. The molecule has 0 radical (unpaired) electrons. The fourth-order valence-electron chi connectivity index (χ4n) is 3.95. The largest absolute Gasteiger partial charge is 0.494 e. The van der Waals surface area contributed by atoms with Crippen molar-refractivity contribution in [2.24, 2.45) is 0 Å². The molecular weight excluding hydrogens is 352 g/mol. The van der Waals surface area contributed by atoms with Gasteiger partial charge in [0.1, 0.15) is 5.75 Å². The molecule has 1 aliphatic heterocycles. The minimum Gasteiger partial charge on any atom is -0.494 e. The van der Waals surface area contributed by atoms with Crippen LogP contribution < -0.4 is 4.74 Å². The maximum Gasteiger partial charge on any atom is 0.120 e. The molecule has 0 amide bonds. The van der Waals surface area contributed by atoms with E-state index < -0.39 is 0 Å². The van der Waals surface area contributed by atoms with Gasteiger partial charge in [0.05, 0.1) is 19.3 Å². The highest BCUT2D eigenvalue weighted by molar-refractivity contribution is 7.22. The number of hydrogen-bond acceptors (Lipinski definition) is 3. The molecule has 27 heavy (non-hydrogen) atoms. The van der Waals surface area contributed by atoms with Crippen LogP contribution in [0.5, 0.6) is 5.75 Å². The zero-order valence-corrected chi connectivity index (χ0v) is 17.1. The first-order chi connectivity index (χ1) is 13.3. The van der Waals surface area contributed by atoms with E-state index in [2.05, 4.69) is 55.5 Å². The Hall–Kier alpha value is -1.84. The van der Waals surface area contributed by atoms with E-state index in [9.17, 15) is 0 Å². The van der Waals surface area contributed by atoms with Crippen molar-refractivity contribution in [1.82, 2.24) is 0 Å². The second-order valence-corrected chi connectivity index (χ2v) is 8.47. The van der Waals surface area contributed by atoms with Crippen molar-refractivity contribution >= 4 is 21.4 Å². The predicted molar refractivity (Wildman–Crippen MR) is 115 cm³/mol. The fraction of sp³-hybridized carbons (Fsp3) is 0.417. The molecule has 2 atom stereocenters. The van der Waals surface area contributed by atoms with E-state index >= 15 is 0 Å². The van der Waals surface area contributed by atoms with Crippen molar-refractivity contribution in [3.05, 3.63) is 54.1 Å². The van der Waals surface area contributed by atoms with Crippen LogP contribution in [-0.4, -0.2) is 19.3 Å². The van der Waals surface area contributed by atoms with Gasteiger partial charge in [-0.2, -0.15) is 0 Å². The molecule has 0 spiro atoms. The summed E-state index contributed by atoms with van der Waals surface area (Å²) < 4.78 is 13.0. The minimum absolute atomic E-state index is 0.477. The van der Waals surface area contributed by atoms with Gasteiger partial charge in [-0.15, -0.1) is 11.3 Å². The lowest BCUT2D eigenvalue weighted by atomic mass is 9.90. The summed E-state index contributed by atoms with van der Waals surface area (Å²) in [6, 6.07) is 17.8. The average molecular weight is 381 g/mol. The molecule has 2 heterocycles. The van der Waals surface area contributed by atoms with Gasteiger partial charge in [0.25, 0.3) is 0 Å². The lowest BCUT2D eigenvalue weighted by Crippen LogP contribution is -2.24. The zero-order chi connectivity index (χ0) is 18.6. The van der Waals surface area contributed by atoms with Crippen molar-refractivity contribution in [2.45, 2.75) is 51.6 Å². The van der Waals surface area contributed by atoms with Crippen molar-refractivity contribution in [3.63, 3.8) is 0 Å². The summed E-state index contributed by atoms with van der Waals surface area (Å²) in [5.41, 5.74) is 2.70. The van der Waals surface area contributed by atoms with Crippen LogP contribution in [0.1, 0.15) is 51.0 Å². The zero-order valence-electron chi connectivity index (χ0n) is 16.2. The van der Waals surface area contributed by atoms with E-state index in [0.717, 1.165) is 12.4 Å².